The van der Waals surface area contributed by atoms with E-state index in [4.69, 9.17) is 11.6 Å². The Bertz CT molecular complexity index is 1260. The van der Waals surface area contributed by atoms with Gasteiger partial charge in [0, 0.05) is 21.6 Å². The first kappa shape index (κ1) is 20.5. The molecule has 3 nitrogen and oxygen atoms in total. The van der Waals surface area contributed by atoms with Gasteiger partial charge in [0.25, 0.3) is 5.91 Å². The van der Waals surface area contributed by atoms with Crippen molar-refractivity contribution in [3.63, 3.8) is 0 Å². The predicted molar refractivity (Wildman–Crippen MR) is 123 cm³/mol. The molecule has 0 spiro atoms. The maximum Gasteiger partial charge on any atom is 0.256 e. The summed E-state index contributed by atoms with van der Waals surface area (Å²) in [6.45, 7) is 1.89. The van der Waals surface area contributed by atoms with E-state index in [2.05, 4.69) is 26.2 Å². The maximum atomic E-state index is 13.8. The van der Waals surface area contributed by atoms with Crippen LogP contribution in [0.25, 0.3) is 10.9 Å². The van der Waals surface area contributed by atoms with Crippen molar-refractivity contribution in [2.24, 2.45) is 0 Å². The summed E-state index contributed by atoms with van der Waals surface area (Å²) in [4.78, 5) is 17.6. The third-order valence-electron chi connectivity index (χ3n) is 4.87. The number of rotatable bonds is 4. The summed E-state index contributed by atoms with van der Waals surface area (Å²) in [6, 6.07) is 17.6. The molecule has 0 aliphatic carbocycles. The van der Waals surface area contributed by atoms with E-state index in [1.165, 1.54) is 12.1 Å². The molecule has 0 radical (unpaired) electrons. The highest BCUT2D eigenvalue weighted by molar-refractivity contribution is 9.10. The molecule has 0 saturated heterocycles. The van der Waals surface area contributed by atoms with Crippen molar-refractivity contribution in [3.05, 3.63) is 104 Å². The van der Waals surface area contributed by atoms with Crippen molar-refractivity contribution in [3.8, 4) is 0 Å². The number of halogens is 3. The van der Waals surface area contributed by atoms with Crippen LogP contribution >= 0.6 is 27.5 Å². The molecular weight excluding hydrogens is 467 g/mol. The molecule has 4 aromatic rings. The average Bonchev–Trinajstić information content (AvgIpc) is 2.69. The van der Waals surface area contributed by atoms with Gasteiger partial charge in [0.1, 0.15) is 5.82 Å². The van der Waals surface area contributed by atoms with E-state index in [0.717, 1.165) is 22.1 Å². The highest BCUT2D eigenvalue weighted by Gasteiger charge is 2.17. The lowest BCUT2D eigenvalue weighted by molar-refractivity contribution is 0.102. The number of anilines is 1. The minimum Gasteiger partial charge on any atom is -0.320 e. The molecule has 3 aromatic carbocycles. The smallest absolute Gasteiger partial charge is 0.256 e. The molecule has 0 unspecified atom stereocenters. The fourth-order valence-electron chi connectivity index (χ4n) is 3.56. The zero-order valence-corrected chi connectivity index (χ0v) is 18.4. The number of nitrogens with zero attached hydrogens (tertiary/aromatic N) is 1. The SMILES string of the molecule is Cc1cccc(Cc2cc(F)cc(Br)c2)c1C(=O)Nc1ccc(Cl)c2cccnc12. The van der Waals surface area contributed by atoms with Crippen molar-refractivity contribution in [2.45, 2.75) is 13.3 Å². The molecule has 6 heteroatoms. The number of carbonyl (C=O) groups is 1. The number of aryl methyl sites for hydroxylation is 1. The minimum atomic E-state index is -0.322. The van der Waals surface area contributed by atoms with E-state index in [1.54, 1.807) is 24.4 Å². The van der Waals surface area contributed by atoms with Gasteiger partial charge in [-0.1, -0.05) is 45.7 Å². The van der Waals surface area contributed by atoms with E-state index < -0.39 is 0 Å². The van der Waals surface area contributed by atoms with Gasteiger partial charge in [-0.2, -0.15) is 0 Å². The molecule has 4 rings (SSSR count). The topological polar surface area (TPSA) is 42.0 Å². The van der Waals surface area contributed by atoms with Gasteiger partial charge >= 0.3 is 0 Å². The van der Waals surface area contributed by atoms with Crippen LogP contribution in [0.1, 0.15) is 27.0 Å². The highest BCUT2D eigenvalue weighted by Crippen LogP contribution is 2.29. The van der Waals surface area contributed by atoms with Gasteiger partial charge in [-0.3, -0.25) is 9.78 Å². The van der Waals surface area contributed by atoms with Crippen LogP contribution in [-0.2, 0) is 6.42 Å². The van der Waals surface area contributed by atoms with Crippen molar-refractivity contribution in [1.29, 1.82) is 0 Å². The second kappa shape index (κ2) is 8.54. The van der Waals surface area contributed by atoms with E-state index >= 15 is 0 Å². The molecule has 1 N–H and O–H groups in total. The molecule has 0 bridgehead atoms. The fourth-order valence-corrected chi connectivity index (χ4v) is 4.29. The Morgan fingerprint density at radius 3 is 2.77 bits per heavy atom. The van der Waals surface area contributed by atoms with Crippen LogP contribution in [0, 0.1) is 12.7 Å². The monoisotopic (exact) mass is 482 g/mol. The number of hydrogen-bond acceptors (Lipinski definition) is 2. The molecular formula is C24H17BrClFN2O. The molecule has 0 aliphatic heterocycles. The van der Waals surface area contributed by atoms with E-state index in [9.17, 15) is 9.18 Å². The Kier molecular flexibility index (Phi) is 5.84. The van der Waals surface area contributed by atoms with Crippen LogP contribution in [0.5, 0.6) is 0 Å². The van der Waals surface area contributed by atoms with Gasteiger partial charge < -0.3 is 5.32 Å². The first-order valence-electron chi connectivity index (χ1n) is 9.30. The Morgan fingerprint density at radius 2 is 1.97 bits per heavy atom. The summed E-state index contributed by atoms with van der Waals surface area (Å²) >= 11 is 9.59. The Morgan fingerprint density at radius 1 is 1.13 bits per heavy atom. The Labute approximate surface area is 187 Å². The van der Waals surface area contributed by atoms with E-state index in [1.807, 2.05) is 37.3 Å². The molecule has 0 fully saturated rings. The van der Waals surface area contributed by atoms with E-state index in [-0.39, 0.29) is 11.7 Å². The molecule has 1 heterocycles. The molecule has 0 aliphatic rings. The van der Waals surface area contributed by atoms with Crippen LogP contribution in [0.4, 0.5) is 10.1 Å². The molecule has 150 valence electrons. The number of carbonyl (C=O) groups excluding carboxylic acids is 1. The lowest BCUT2D eigenvalue weighted by atomic mass is 9.95. The number of aromatic nitrogens is 1. The summed E-state index contributed by atoms with van der Waals surface area (Å²) in [5.41, 5.74) is 4.21. The van der Waals surface area contributed by atoms with Crippen molar-refractivity contribution in [1.82, 2.24) is 4.98 Å². The molecule has 30 heavy (non-hydrogen) atoms. The third kappa shape index (κ3) is 4.23. The summed E-state index contributed by atoms with van der Waals surface area (Å²) in [7, 11) is 0. The molecule has 1 aromatic heterocycles. The normalized spacial score (nSPS) is 10.9. The summed E-state index contributed by atoms with van der Waals surface area (Å²) in [5, 5.41) is 4.32. The van der Waals surface area contributed by atoms with Crippen LogP contribution in [0.2, 0.25) is 5.02 Å². The number of hydrogen-bond donors (Lipinski definition) is 1. The third-order valence-corrected chi connectivity index (χ3v) is 5.66. The fraction of sp³-hybridized carbons (Fsp3) is 0.0833. The van der Waals surface area contributed by atoms with Crippen LogP contribution < -0.4 is 5.32 Å². The lowest BCUT2D eigenvalue weighted by Gasteiger charge is -2.14. The van der Waals surface area contributed by atoms with Crippen LogP contribution in [-0.4, -0.2) is 10.9 Å². The van der Waals surface area contributed by atoms with Gasteiger partial charge in [-0.15, -0.1) is 0 Å². The standard InChI is InChI=1S/C24H17BrClFN2O/c1-14-4-2-5-16(10-15-11-17(25)13-18(27)12-15)22(14)24(30)29-21-8-7-20(26)19-6-3-9-28-23(19)21/h2-9,11-13H,10H2,1H3,(H,29,30). The largest absolute Gasteiger partial charge is 0.320 e. The molecule has 0 saturated carbocycles. The minimum absolute atomic E-state index is 0.243. The summed E-state index contributed by atoms with van der Waals surface area (Å²) in [5.74, 6) is -0.565. The zero-order valence-electron chi connectivity index (χ0n) is 16.0. The van der Waals surface area contributed by atoms with Crippen molar-refractivity contribution in [2.75, 3.05) is 5.32 Å². The van der Waals surface area contributed by atoms with Gasteiger partial charge in [-0.05, 0) is 72.5 Å². The highest BCUT2D eigenvalue weighted by atomic mass is 79.9. The molecule has 0 atom stereocenters. The number of fused-ring (bicyclic) bond motifs is 1. The number of pyridine rings is 1. The van der Waals surface area contributed by atoms with Gasteiger partial charge in [0.05, 0.1) is 16.2 Å². The van der Waals surface area contributed by atoms with Crippen LogP contribution in [0.15, 0.2) is 71.3 Å². The molecule has 1 amide bonds. The number of benzene rings is 3. The Hall–Kier alpha value is -2.76. The first-order chi connectivity index (χ1) is 14.4. The van der Waals surface area contributed by atoms with Gasteiger partial charge in [0.15, 0.2) is 0 Å². The summed E-state index contributed by atoms with van der Waals surface area (Å²) in [6.07, 6.45) is 2.09. The second-order valence-corrected chi connectivity index (χ2v) is 8.34. The zero-order chi connectivity index (χ0) is 21.3. The average molecular weight is 484 g/mol. The van der Waals surface area contributed by atoms with Gasteiger partial charge in [-0.25, -0.2) is 4.39 Å². The Balaban J connectivity index is 1.71. The first-order valence-corrected chi connectivity index (χ1v) is 10.5. The van der Waals surface area contributed by atoms with Gasteiger partial charge in [0.2, 0.25) is 0 Å². The number of amides is 1. The van der Waals surface area contributed by atoms with Crippen LogP contribution in [0.3, 0.4) is 0 Å². The lowest BCUT2D eigenvalue weighted by Crippen LogP contribution is -2.16. The van der Waals surface area contributed by atoms with E-state index in [0.29, 0.717) is 32.7 Å². The summed E-state index contributed by atoms with van der Waals surface area (Å²) < 4.78 is 14.5. The number of nitrogens with one attached hydrogen (secondary N) is 1. The quantitative estimate of drug-likeness (QED) is 0.341. The predicted octanol–water partition coefficient (Wildman–Crippen LogP) is 6.94. The van der Waals surface area contributed by atoms with Crippen molar-refractivity contribution < 1.29 is 9.18 Å². The maximum absolute atomic E-state index is 13.8. The second-order valence-electron chi connectivity index (χ2n) is 7.01. The van der Waals surface area contributed by atoms with Crippen molar-refractivity contribution >= 4 is 50.0 Å².